The predicted molar refractivity (Wildman–Crippen MR) is 93.1 cm³/mol. The van der Waals surface area contributed by atoms with Crippen molar-refractivity contribution in [2.75, 3.05) is 19.6 Å². The first-order chi connectivity index (χ1) is 11.5. The number of primary amides is 1. The van der Waals surface area contributed by atoms with Gasteiger partial charge in [0.25, 0.3) is 0 Å². The summed E-state index contributed by atoms with van der Waals surface area (Å²) in [5.74, 6) is -0.339. The van der Waals surface area contributed by atoms with Gasteiger partial charge in [-0.1, -0.05) is 6.42 Å². The van der Waals surface area contributed by atoms with Crippen LogP contribution in [0, 0.1) is 0 Å². The molecule has 0 aromatic heterocycles. The highest BCUT2D eigenvalue weighted by molar-refractivity contribution is 5.76. The van der Waals surface area contributed by atoms with Crippen molar-refractivity contribution in [2.45, 2.75) is 51.0 Å². The Balaban J connectivity index is 3.51. The van der Waals surface area contributed by atoms with E-state index in [1.165, 1.54) is 0 Å². The summed E-state index contributed by atoms with van der Waals surface area (Å²) in [7, 11) is 0. The van der Waals surface area contributed by atoms with Gasteiger partial charge in [-0.05, 0) is 32.2 Å². The molecule has 0 aliphatic carbocycles. The smallest absolute Gasteiger partial charge is 0.219 e. The van der Waals surface area contributed by atoms with Gasteiger partial charge in [-0.2, -0.15) is 0 Å². The van der Waals surface area contributed by atoms with Gasteiger partial charge in [0.15, 0.2) is 5.96 Å². The van der Waals surface area contributed by atoms with Crippen molar-refractivity contribution in [3.63, 3.8) is 0 Å². The zero-order valence-corrected chi connectivity index (χ0v) is 14.1. The number of rotatable bonds is 15. The van der Waals surface area contributed by atoms with Gasteiger partial charge in [0.1, 0.15) is 6.29 Å². The monoisotopic (exact) mass is 342 g/mol. The summed E-state index contributed by atoms with van der Waals surface area (Å²) in [6.07, 6.45) is 5.11. The van der Waals surface area contributed by atoms with Crippen molar-refractivity contribution in [3.8, 4) is 0 Å². The van der Waals surface area contributed by atoms with Crippen LogP contribution in [-0.2, 0) is 14.4 Å². The second kappa shape index (κ2) is 14.4. The van der Waals surface area contributed by atoms with Gasteiger partial charge in [-0.3, -0.25) is 14.6 Å². The number of carbonyl (C=O) groups is 3. The van der Waals surface area contributed by atoms with Crippen LogP contribution in [0.25, 0.3) is 0 Å². The number of hydrogen-bond donors (Lipinski definition) is 5. The Bertz CT molecular complexity index is 410. The van der Waals surface area contributed by atoms with Gasteiger partial charge in [-0.25, -0.2) is 0 Å². The van der Waals surface area contributed by atoms with E-state index in [0.29, 0.717) is 38.9 Å². The van der Waals surface area contributed by atoms with E-state index in [-0.39, 0.29) is 24.3 Å². The number of amides is 2. The summed E-state index contributed by atoms with van der Waals surface area (Å²) in [6, 6.07) is -0.342. The molecule has 0 saturated heterocycles. The third kappa shape index (κ3) is 14.8. The number of nitrogens with zero attached hydrogens (tertiary/aromatic N) is 1. The third-order valence-electron chi connectivity index (χ3n) is 3.30. The summed E-state index contributed by atoms with van der Waals surface area (Å²) in [4.78, 5) is 36.9. The molecule has 0 spiro atoms. The van der Waals surface area contributed by atoms with Crippen LogP contribution in [0.3, 0.4) is 0 Å². The molecule has 0 radical (unpaired) electrons. The van der Waals surface area contributed by atoms with Crippen molar-refractivity contribution in [3.05, 3.63) is 0 Å². The molecule has 2 amide bonds. The molecule has 8 N–H and O–H groups in total. The Morgan fingerprint density at radius 1 is 1.00 bits per heavy atom. The zero-order chi connectivity index (χ0) is 18.2. The molecule has 0 aliphatic rings. The van der Waals surface area contributed by atoms with E-state index in [0.717, 1.165) is 25.5 Å². The van der Waals surface area contributed by atoms with E-state index < -0.39 is 5.91 Å². The summed E-state index contributed by atoms with van der Waals surface area (Å²) in [6.45, 7) is 1.72. The van der Waals surface area contributed by atoms with Gasteiger partial charge in [0.2, 0.25) is 11.8 Å². The molecule has 0 aromatic carbocycles. The van der Waals surface area contributed by atoms with Crippen LogP contribution in [-0.4, -0.2) is 49.7 Å². The Kier molecular flexibility index (Phi) is 13.1. The van der Waals surface area contributed by atoms with Crippen LogP contribution in [0.2, 0.25) is 0 Å². The fraction of sp³-hybridized carbons (Fsp3) is 0.733. The highest BCUT2D eigenvalue weighted by atomic mass is 16.2. The van der Waals surface area contributed by atoms with Crippen LogP contribution in [0.15, 0.2) is 4.99 Å². The Labute approximate surface area is 142 Å². The summed E-state index contributed by atoms with van der Waals surface area (Å²) < 4.78 is 0. The van der Waals surface area contributed by atoms with Crippen molar-refractivity contribution in [2.24, 2.45) is 22.2 Å². The van der Waals surface area contributed by atoms with E-state index in [4.69, 9.17) is 17.2 Å². The van der Waals surface area contributed by atoms with E-state index >= 15 is 0 Å². The maximum atomic E-state index is 11.6. The molecule has 0 saturated carbocycles. The highest BCUT2D eigenvalue weighted by Gasteiger charge is 2.07. The normalized spacial score (nSPS) is 11.5. The number of nitrogens with two attached hydrogens (primary N) is 3. The van der Waals surface area contributed by atoms with Gasteiger partial charge >= 0.3 is 0 Å². The summed E-state index contributed by atoms with van der Waals surface area (Å²) >= 11 is 0. The van der Waals surface area contributed by atoms with E-state index in [2.05, 4.69) is 15.6 Å². The molecule has 1 atom stereocenters. The van der Waals surface area contributed by atoms with Gasteiger partial charge in [-0.15, -0.1) is 0 Å². The average Bonchev–Trinajstić information content (AvgIpc) is 2.52. The quantitative estimate of drug-likeness (QED) is 0.108. The number of hydrogen-bond acceptors (Lipinski definition) is 5. The Hall–Kier alpha value is -2.16. The first kappa shape index (κ1) is 21.8. The first-order valence-corrected chi connectivity index (χ1v) is 8.24. The summed E-state index contributed by atoms with van der Waals surface area (Å²) in [5, 5.41) is 5.87. The molecule has 24 heavy (non-hydrogen) atoms. The molecular weight excluding hydrogens is 312 g/mol. The zero-order valence-electron chi connectivity index (χ0n) is 14.1. The lowest BCUT2D eigenvalue weighted by atomic mass is 10.1. The second-order valence-electron chi connectivity index (χ2n) is 5.52. The summed E-state index contributed by atoms with van der Waals surface area (Å²) in [5.41, 5.74) is 15.4. The largest absolute Gasteiger partial charge is 0.370 e. The maximum Gasteiger partial charge on any atom is 0.219 e. The van der Waals surface area contributed by atoms with Gasteiger partial charge in [0.05, 0.1) is 6.04 Å². The molecule has 0 aliphatic heterocycles. The van der Waals surface area contributed by atoms with Crippen LogP contribution in [0.1, 0.15) is 44.9 Å². The molecule has 0 fully saturated rings. The Morgan fingerprint density at radius 3 is 2.38 bits per heavy atom. The standard InChI is InChI=1S/C15H30N6O3/c16-13(23)7-6-12(11-22)19-8-3-1-2-5-14(24)20-9-4-10-21-15(17)18/h11-12,19H,1-10H2,(H2,16,23)(H,20,24)(H4,17,18,21)/t12-/m0/s1. The average molecular weight is 342 g/mol. The van der Waals surface area contributed by atoms with Gasteiger partial charge < -0.3 is 32.6 Å². The topological polar surface area (TPSA) is 166 Å². The van der Waals surface area contributed by atoms with Crippen LogP contribution >= 0.6 is 0 Å². The number of guanidine groups is 1. The minimum atomic E-state index is -0.409. The predicted octanol–water partition coefficient (Wildman–Crippen LogP) is -1.25. The number of aliphatic imine (C=N–C) groups is 1. The van der Waals surface area contributed by atoms with Crippen molar-refractivity contribution >= 4 is 24.1 Å². The first-order valence-electron chi connectivity index (χ1n) is 8.24. The highest BCUT2D eigenvalue weighted by Crippen LogP contribution is 2.00. The number of aldehydes is 1. The second-order valence-corrected chi connectivity index (χ2v) is 5.52. The van der Waals surface area contributed by atoms with Crippen LogP contribution < -0.4 is 27.8 Å². The van der Waals surface area contributed by atoms with Gasteiger partial charge in [0, 0.05) is 25.9 Å². The third-order valence-corrected chi connectivity index (χ3v) is 3.30. The fourth-order valence-electron chi connectivity index (χ4n) is 1.99. The molecule has 0 bridgehead atoms. The minimum absolute atomic E-state index is 0.0138. The lowest BCUT2D eigenvalue weighted by Crippen LogP contribution is -2.32. The van der Waals surface area contributed by atoms with Crippen LogP contribution in [0.5, 0.6) is 0 Å². The SMILES string of the molecule is NC(=O)CC[C@@H](C=O)NCCCCCC(=O)NCCCN=C(N)N. The van der Waals surface area contributed by atoms with Crippen molar-refractivity contribution < 1.29 is 14.4 Å². The number of carbonyl (C=O) groups excluding carboxylic acids is 3. The van der Waals surface area contributed by atoms with E-state index in [9.17, 15) is 14.4 Å². The number of nitrogens with one attached hydrogen (secondary N) is 2. The molecule has 0 heterocycles. The Morgan fingerprint density at radius 2 is 1.75 bits per heavy atom. The lowest BCUT2D eigenvalue weighted by Gasteiger charge is -2.11. The number of unbranched alkanes of at least 4 members (excludes halogenated alkanes) is 2. The molecule has 9 heteroatoms. The fourth-order valence-corrected chi connectivity index (χ4v) is 1.99. The molecule has 138 valence electrons. The van der Waals surface area contributed by atoms with Crippen LogP contribution in [0.4, 0.5) is 0 Å². The maximum absolute atomic E-state index is 11.6. The minimum Gasteiger partial charge on any atom is -0.370 e. The van der Waals surface area contributed by atoms with Crippen molar-refractivity contribution in [1.82, 2.24) is 10.6 Å². The molecule has 0 rings (SSSR count). The van der Waals surface area contributed by atoms with E-state index in [1.807, 2.05) is 0 Å². The molecule has 9 nitrogen and oxygen atoms in total. The molecule has 0 unspecified atom stereocenters. The van der Waals surface area contributed by atoms with Crippen molar-refractivity contribution in [1.29, 1.82) is 0 Å². The lowest BCUT2D eigenvalue weighted by molar-refractivity contribution is -0.121. The van der Waals surface area contributed by atoms with E-state index in [1.54, 1.807) is 0 Å². The molecular formula is C15H30N6O3. The molecule has 0 aromatic rings.